The van der Waals surface area contributed by atoms with E-state index in [2.05, 4.69) is 0 Å². The molecule has 1 aromatic rings. The third kappa shape index (κ3) is 4.08. The molecule has 15 heavy (non-hydrogen) atoms. The number of benzene rings is 1. The Morgan fingerprint density at radius 3 is 2.40 bits per heavy atom. The van der Waals surface area contributed by atoms with Crippen molar-refractivity contribution in [3.63, 3.8) is 0 Å². The van der Waals surface area contributed by atoms with E-state index in [1.807, 2.05) is 0 Å². The minimum atomic E-state index is -1.39. The third-order valence-corrected chi connectivity index (χ3v) is 1.67. The summed E-state index contributed by atoms with van der Waals surface area (Å²) in [6.07, 6.45) is 2.03. The summed E-state index contributed by atoms with van der Waals surface area (Å²) < 4.78 is 0. The molecule has 4 heteroatoms. The van der Waals surface area contributed by atoms with Crippen LogP contribution in [0.5, 0.6) is 5.75 Å². The van der Waals surface area contributed by atoms with E-state index in [1.165, 1.54) is 24.3 Å². The summed E-state index contributed by atoms with van der Waals surface area (Å²) in [4.78, 5) is 21.0. The molecular weight excluding hydrogens is 196 g/mol. The molecule has 0 heterocycles. The van der Waals surface area contributed by atoms with Gasteiger partial charge in [-0.3, -0.25) is 4.79 Å². The normalized spacial score (nSPS) is 10.4. The number of carbonyl (C=O) groups is 2. The largest absolute Gasteiger partial charge is 0.550 e. The Morgan fingerprint density at radius 1 is 1.27 bits per heavy atom. The minimum Gasteiger partial charge on any atom is -0.550 e. The molecule has 78 valence electrons. The van der Waals surface area contributed by atoms with Gasteiger partial charge in [0.25, 0.3) is 0 Å². The number of hydrogen-bond donors (Lipinski definition) is 1. The zero-order chi connectivity index (χ0) is 11.3. The number of aliphatic carboxylic acids is 1. The number of aromatic hydroxyl groups is 1. The molecule has 0 aliphatic heterocycles. The van der Waals surface area contributed by atoms with Gasteiger partial charge in [-0.05, 0) is 23.8 Å². The maximum absolute atomic E-state index is 10.9. The van der Waals surface area contributed by atoms with Crippen LogP contribution in [0.4, 0.5) is 0 Å². The van der Waals surface area contributed by atoms with E-state index in [9.17, 15) is 14.7 Å². The Kier molecular flexibility index (Phi) is 3.62. The van der Waals surface area contributed by atoms with E-state index in [-0.39, 0.29) is 5.75 Å². The Labute approximate surface area is 86.5 Å². The SMILES string of the molecule is O=C([O-])CC(=O)/C=C/c1ccc(O)cc1. The van der Waals surface area contributed by atoms with Crippen molar-refractivity contribution < 1.29 is 19.8 Å². The third-order valence-electron chi connectivity index (χ3n) is 1.67. The van der Waals surface area contributed by atoms with Crippen LogP contribution in [0.2, 0.25) is 0 Å². The molecule has 0 unspecified atom stereocenters. The Bertz CT molecular complexity index is 390. The van der Waals surface area contributed by atoms with Gasteiger partial charge in [-0.25, -0.2) is 0 Å². The number of carbonyl (C=O) groups excluding carboxylic acids is 2. The van der Waals surface area contributed by atoms with Crippen molar-refractivity contribution in [3.05, 3.63) is 35.9 Å². The van der Waals surface area contributed by atoms with E-state index in [0.717, 1.165) is 0 Å². The van der Waals surface area contributed by atoms with Crippen molar-refractivity contribution in [2.75, 3.05) is 0 Å². The van der Waals surface area contributed by atoms with Gasteiger partial charge in [-0.2, -0.15) is 0 Å². The zero-order valence-corrected chi connectivity index (χ0v) is 7.84. The van der Waals surface area contributed by atoms with Crippen LogP contribution in [0.3, 0.4) is 0 Å². The molecule has 0 radical (unpaired) electrons. The lowest BCUT2D eigenvalue weighted by Gasteiger charge is -1.96. The van der Waals surface area contributed by atoms with Gasteiger partial charge in [0, 0.05) is 5.97 Å². The van der Waals surface area contributed by atoms with Gasteiger partial charge in [0.05, 0.1) is 6.42 Å². The fourth-order valence-electron chi connectivity index (χ4n) is 0.976. The van der Waals surface area contributed by atoms with Crippen LogP contribution < -0.4 is 5.11 Å². The zero-order valence-electron chi connectivity index (χ0n) is 7.84. The van der Waals surface area contributed by atoms with Gasteiger partial charge in [0.1, 0.15) is 5.75 Å². The fraction of sp³-hybridized carbons (Fsp3) is 0.0909. The van der Waals surface area contributed by atoms with E-state index in [1.54, 1.807) is 12.1 Å². The van der Waals surface area contributed by atoms with E-state index >= 15 is 0 Å². The van der Waals surface area contributed by atoms with Crippen molar-refractivity contribution in [1.29, 1.82) is 0 Å². The van der Waals surface area contributed by atoms with Crippen LogP contribution in [0, 0.1) is 0 Å². The molecule has 1 rings (SSSR count). The molecule has 0 fully saturated rings. The summed E-state index contributed by atoms with van der Waals surface area (Å²) in [5.41, 5.74) is 0.708. The van der Waals surface area contributed by atoms with Crippen molar-refractivity contribution in [2.45, 2.75) is 6.42 Å². The van der Waals surface area contributed by atoms with Crippen LogP contribution in [0.15, 0.2) is 30.3 Å². The Hall–Kier alpha value is -2.10. The molecule has 0 aliphatic rings. The van der Waals surface area contributed by atoms with Gasteiger partial charge < -0.3 is 15.0 Å². The smallest absolute Gasteiger partial charge is 0.161 e. The van der Waals surface area contributed by atoms with Crippen LogP contribution in [-0.2, 0) is 9.59 Å². The van der Waals surface area contributed by atoms with E-state index < -0.39 is 18.2 Å². The van der Waals surface area contributed by atoms with Crippen molar-refractivity contribution in [3.8, 4) is 5.75 Å². The number of allylic oxidation sites excluding steroid dienone is 1. The first-order chi connectivity index (χ1) is 7.08. The molecule has 0 aromatic heterocycles. The Morgan fingerprint density at radius 2 is 1.87 bits per heavy atom. The van der Waals surface area contributed by atoms with Crippen LogP contribution in [0.25, 0.3) is 6.08 Å². The Balaban J connectivity index is 2.61. The van der Waals surface area contributed by atoms with Crippen molar-refractivity contribution >= 4 is 17.8 Å². The van der Waals surface area contributed by atoms with Gasteiger partial charge in [-0.1, -0.05) is 18.2 Å². The number of carboxylic acids is 1. The monoisotopic (exact) mass is 205 g/mol. The molecule has 0 amide bonds. The number of rotatable bonds is 4. The highest BCUT2D eigenvalue weighted by Gasteiger charge is 1.96. The lowest BCUT2D eigenvalue weighted by atomic mass is 10.1. The molecule has 1 N–H and O–H groups in total. The average Bonchev–Trinajstić information content (AvgIpc) is 2.16. The highest BCUT2D eigenvalue weighted by atomic mass is 16.4. The quantitative estimate of drug-likeness (QED) is 0.559. The summed E-state index contributed by atoms with van der Waals surface area (Å²) >= 11 is 0. The minimum absolute atomic E-state index is 0.133. The van der Waals surface area contributed by atoms with Gasteiger partial charge in [0.15, 0.2) is 5.78 Å². The number of phenolic OH excluding ortho intramolecular Hbond substituents is 1. The topological polar surface area (TPSA) is 77.4 Å². The molecule has 0 bridgehead atoms. The number of phenols is 1. The number of ketones is 1. The summed E-state index contributed by atoms with van der Waals surface area (Å²) in [5, 5.41) is 19.0. The van der Waals surface area contributed by atoms with Crippen LogP contribution in [0.1, 0.15) is 12.0 Å². The summed E-state index contributed by atoms with van der Waals surface area (Å²) in [5.74, 6) is -1.79. The number of carboxylic acid groups (broad SMARTS) is 1. The number of hydrogen-bond acceptors (Lipinski definition) is 4. The fourth-order valence-corrected chi connectivity index (χ4v) is 0.976. The maximum Gasteiger partial charge on any atom is 0.161 e. The summed E-state index contributed by atoms with van der Waals surface area (Å²) in [6.45, 7) is 0. The lowest BCUT2D eigenvalue weighted by Crippen LogP contribution is -2.24. The maximum atomic E-state index is 10.9. The van der Waals surface area contributed by atoms with Gasteiger partial charge in [0.2, 0.25) is 0 Å². The van der Waals surface area contributed by atoms with E-state index in [4.69, 9.17) is 5.11 Å². The molecule has 4 nitrogen and oxygen atoms in total. The standard InChI is InChI=1S/C11H10O4/c12-9-4-1-8(2-5-9)3-6-10(13)7-11(14)15/h1-6,12H,7H2,(H,14,15)/p-1/b6-3+. The molecule has 1 aromatic carbocycles. The highest BCUT2D eigenvalue weighted by molar-refractivity contribution is 6.02. The first-order valence-electron chi connectivity index (χ1n) is 4.28. The first-order valence-corrected chi connectivity index (χ1v) is 4.28. The second kappa shape index (κ2) is 4.95. The molecule has 0 saturated heterocycles. The predicted octanol–water partition coefficient (Wildman–Crippen LogP) is 0.114. The van der Waals surface area contributed by atoms with Crippen molar-refractivity contribution in [2.24, 2.45) is 0 Å². The van der Waals surface area contributed by atoms with E-state index in [0.29, 0.717) is 5.56 Å². The second-order valence-corrected chi connectivity index (χ2v) is 2.94. The summed E-state index contributed by atoms with van der Waals surface area (Å²) in [6, 6.07) is 6.17. The van der Waals surface area contributed by atoms with Gasteiger partial charge >= 0.3 is 0 Å². The molecule has 0 aliphatic carbocycles. The van der Waals surface area contributed by atoms with Gasteiger partial charge in [-0.15, -0.1) is 0 Å². The summed E-state index contributed by atoms with van der Waals surface area (Å²) in [7, 11) is 0. The molecule has 0 spiro atoms. The predicted molar refractivity (Wildman–Crippen MR) is 51.8 cm³/mol. The average molecular weight is 205 g/mol. The molecule has 0 saturated carbocycles. The van der Waals surface area contributed by atoms with Crippen molar-refractivity contribution in [1.82, 2.24) is 0 Å². The first kappa shape index (κ1) is 11.0. The van der Waals surface area contributed by atoms with Crippen LogP contribution >= 0.6 is 0 Å². The molecular formula is C11H9O4-. The highest BCUT2D eigenvalue weighted by Crippen LogP contribution is 2.10. The molecule has 0 atom stereocenters. The van der Waals surface area contributed by atoms with Crippen LogP contribution in [-0.4, -0.2) is 16.9 Å². The second-order valence-electron chi connectivity index (χ2n) is 2.94. The lowest BCUT2D eigenvalue weighted by molar-refractivity contribution is -0.304.